The first-order valence-corrected chi connectivity index (χ1v) is 10.2. The molecule has 0 spiro atoms. The number of rotatable bonds is 4. The third kappa shape index (κ3) is 3.47. The van der Waals surface area contributed by atoms with E-state index in [4.69, 9.17) is 4.74 Å². The Hall–Kier alpha value is -4.59. The van der Waals surface area contributed by atoms with Crippen molar-refractivity contribution in [2.45, 2.75) is 13.0 Å². The van der Waals surface area contributed by atoms with Gasteiger partial charge in [0.25, 0.3) is 17.4 Å². The number of benzene rings is 3. The van der Waals surface area contributed by atoms with Gasteiger partial charge in [0.1, 0.15) is 0 Å². The number of anilines is 1. The molecule has 0 saturated carbocycles. The molecule has 2 amide bonds. The van der Waals surface area contributed by atoms with Crippen LogP contribution >= 0.6 is 0 Å². The van der Waals surface area contributed by atoms with Gasteiger partial charge in [0.2, 0.25) is 0 Å². The molecule has 1 N–H and O–H groups in total. The molecule has 162 valence electrons. The minimum Gasteiger partial charge on any atom is -0.451 e. The average molecular weight is 439 g/mol. The highest BCUT2D eigenvalue weighted by atomic mass is 16.5. The molecule has 1 aliphatic heterocycles. The van der Waals surface area contributed by atoms with Gasteiger partial charge in [-0.15, -0.1) is 0 Å². The van der Waals surface area contributed by atoms with Crippen molar-refractivity contribution >= 4 is 34.4 Å². The number of imide groups is 1. The van der Waals surface area contributed by atoms with Gasteiger partial charge in [-0.1, -0.05) is 30.3 Å². The zero-order valence-corrected chi connectivity index (χ0v) is 17.4. The second-order valence-electron chi connectivity index (χ2n) is 7.56. The van der Waals surface area contributed by atoms with E-state index in [1.54, 1.807) is 67.6 Å². The molecule has 0 aliphatic carbocycles. The number of carbonyl (C=O) groups is 3. The second-order valence-corrected chi connectivity index (χ2v) is 7.56. The first-order chi connectivity index (χ1) is 15.9. The number of aromatic nitrogens is 2. The Morgan fingerprint density at radius 3 is 2.30 bits per heavy atom. The molecule has 0 fully saturated rings. The lowest BCUT2D eigenvalue weighted by Crippen LogP contribution is -2.29. The minimum atomic E-state index is -0.835. The van der Waals surface area contributed by atoms with Crippen LogP contribution in [-0.2, 0) is 4.74 Å². The Balaban J connectivity index is 1.40. The zero-order chi connectivity index (χ0) is 23.1. The first-order valence-electron chi connectivity index (χ1n) is 10.2. The van der Waals surface area contributed by atoms with E-state index in [2.05, 4.69) is 9.97 Å². The number of amides is 2. The summed E-state index contributed by atoms with van der Waals surface area (Å²) in [5, 5.41) is 0.438. The number of ether oxygens (including phenoxy) is 1. The molecule has 1 unspecified atom stereocenters. The summed E-state index contributed by atoms with van der Waals surface area (Å²) in [5.74, 6) is -1.37. The van der Waals surface area contributed by atoms with Crippen molar-refractivity contribution in [3.05, 3.63) is 106 Å². The lowest BCUT2D eigenvalue weighted by atomic mass is 10.1. The quantitative estimate of drug-likeness (QED) is 0.384. The molecule has 0 radical (unpaired) electrons. The summed E-state index contributed by atoms with van der Waals surface area (Å²) in [5.41, 5.74) is 1.21. The van der Waals surface area contributed by atoms with Gasteiger partial charge in [-0.25, -0.2) is 14.7 Å². The number of aromatic amines is 1. The van der Waals surface area contributed by atoms with Crippen LogP contribution in [0.2, 0.25) is 0 Å². The Morgan fingerprint density at radius 1 is 0.909 bits per heavy atom. The number of esters is 1. The molecular formula is C25H17N3O5. The SMILES string of the molecule is CC(OC(=O)c1cccc(N2C(=O)c3ccccc3C2=O)c1)c1nc2ccccc2c(=O)[nH]1. The Labute approximate surface area is 187 Å². The smallest absolute Gasteiger partial charge is 0.338 e. The molecule has 1 aromatic heterocycles. The van der Waals surface area contributed by atoms with Gasteiger partial charge in [-0.2, -0.15) is 0 Å². The lowest BCUT2D eigenvalue weighted by Gasteiger charge is -2.16. The molecule has 0 bridgehead atoms. The number of para-hydroxylation sites is 1. The normalized spacial score (nSPS) is 13.8. The number of carbonyl (C=O) groups excluding carboxylic acids is 3. The summed E-state index contributed by atoms with van der Waals surface area (Å²) < 4.78 is 5.50. The summed E-state index contributed by atoms with van der Waals surface area (Å²) in [6.45, 7) is 1.60. The molecule has 0 saturated heterocycles. The molecule has 5 rings (SSSR count). The number of nitrogens with one attached hydrogen (secondary N) is 1. The van der Waals surface area contributed by atoms with Crippen molar-refractivity contribution in [3.8, 4) is 0 Å². The van der Waals surface area contributed by atoms with Crippen molar-refractivity contribution in [2.24, 2.45) is 0 Å². The van der Waals surface area contributed by atoms with Crippen LogP contribution in [-0.4, -0.2) is 27.8 Å². The zero-order valence-electron chi connectivity index (χ0n) is 17.4. The minimum absolute atomic E-state index is 0.152. The fourth-order valence-corrected chi connectivity index (χ4v) is 3.78. The maximum atomic E-state index is 12.8. The summed E-state index contributed by atoms with van der Waals surface area (Å²) in [4.78, 5) is 58.6. The molecule has 8 heteroatoms. The highest BCUT2D eigenvalue weighted by molar-refractivity contribution is 6.34. The van der Waals surface area contributed by atoms with Crippen molar-refractivity contribution < 1.29 is 19.1 Å². The molecule has 1 atom stereocenters. The summed E-state index contributed by atoms with van der Waals surface area (Å²) in [7, 11) is 0. The topological polar surface area (TPSA) is 109 Å². The highest BCUT2D eigenvalue weighted by Crippen LogP contribution is 2.29. The third-order valence-corrected chi connectivity index (χ3v) is 5.43. The van der Waals surface area contributed by atoms with Gasteiger partial charge in [-0.05, 0) is 49.4 Å². The van der Waals surface area contributed by atoms with Crippen LogP contribution in [0, 0.1) is 0 Å². The fourth-order valence-electron chi connectivity index (χ4n) is 3.78. The van der Waals surface area contributed by atoms with E-state index in [1.807, 2.05) is 0 Å². The van der Waals surface area contributed by atoms with Gasteiger partial charge < -0.3 is 9.72 Å². The van der Waals surface area contributed by atoms with Crippen LogP contribution < -0.4 is 10.5 Å². The van der Waals surface area contributed by atoms with Gasteiger partial charge >= 0.3 is 5.97 Å². The number of fused-ring (bicyclic) bond motifs is 2. The molecular weight excluding hydrogens is 422 g/mol. The van der Waals surface area contributed by atoms with Crippen molar-refractivity contribution in [3.63, 3.8) is 0 Å². The Kier molecular flexibility index (Phi) is 4.82. The van der Waals surface area contributed by atoms with E-state index in [0.717, 1.165) is 4.90 Å². The van der Waals surface area contributed by atoms with Crippen LogP contribution in [0.4, 0.5) is 5.69 Å². The molecule has 33 heavy (non-hydrogen) atoms. The molecule has 8 nitrogen and oxygen atoms in total. The monoisotopic (exact) mass is 439 g/mol. The third-order valence-electron chi connectivity index (χ3n) is 5.43. The molecule has 4 aromatic rings. The van der Waals surface area contributed by atoms with Crippen molar-refractivity contribution in [2.75, 3.05) is 4.90 Å². The maximum absolute atomic E-state index is 12.8. The Bertz CT molecular complexity index is 1470. The summed E-state index contributed by atoms with van der Waals surface area (Å²) in [6.07, 6.45) is -0.835. The second kappa shape index (κ2) is 7.83. The van der Waals surface area contributed by atoms with Crippen LogP contribution in [0.5, 0.6) is 0 Å². The first kappa shape index (κ1) is 20.3. The van der Waals surface area contributed by atoms with Crippen molar-refractivity contribution in [1.82, 2.24) is 9.97 Å². The summed E-state index contributed by atoms with van der Waals surface area (Å²) >= 11 is 0. The maximum Gasteiger partial charge on any atom is 0.338 e. The number of H-pyrrole nitrogens is 1. The Morgan fingerprint density at radius 2 is 1.58 bits per heavy atom. The van der Waals surface area contributed by atoms with Gasteiger partial charge in [0, 0.05) is 0 Å². The largest absolute Gasteiger partial charge is 0.451 e. The molecule has 2 heterocycles. The average Bonchev–Trinajstić information content (AvgIpc) is 3.09. The summed E-state index contributed by atoms with van der Waals surface area (Å²) in [6, 6.07) is 19.5. The van der Waals surface area contributed by atoms with E-state index < -0.39 is 23.9 Å². The predicted octanol–water partition coefficient (Wildman–Crippen LogP) is 3.64. The standard InChI is InChI=1S/C25H17N3O5/c1-14(21-26-20-12-5-4-11-19(20)22(29)27-21)33-25(32)15-7-6-8-16(13-15)28-23(30)17-9-2-3-10-18(17)24(28)31/h2-14H,1H3,(H,26,27,29). The highest BCUT2D eigenvalue weighted by Gasteiger charge is 2.36. The number of nitrogens with zero attached hydrogens (tertiary/aromatic N) is 2. The number of hydrogen-bond donors (Lipinski definition) is 1. The van der Waals surface area contributed by atoms with Gasteiger partial charge in [0.15, 0.2) is 11.9 Å². The molecule has 3 aromatic carbocycles. The number of hydrogen-bond acceptors (Lipinski definition) is 6. The van der Waals surface area contributed by atoms with Crippen LogP contribution in [0.25, 0.3) is 10.9 Å². The van der Waals surface area contributed by atoms with Crippen LogP contribution in [0.15, 0.2) is 77.6 Å². The van der Waals surface area contributed by atoms with Crippen molar-refractivity contribution in [1.29, 1.82) is 0 Å². The predicted molar refractivity (Wildman–Crippen MR) is 120 cm³/mol. The van der Waals surface area contributed by atoms with E-state index in [-0.39, 0.29) is 22.6 Å². The lowest BCUT2D eigenvalue weighted by molar-refractivity contribution is 0.0319. The van der Waals surface area contributed by atoms with Gasteiger partial charge in [-0.3, -0.25) is 14.4 Å². The van der Waals surface area contributed by atoms with E-state index in [1.165, 1.54) is 12.1 Å². The molecule has 1 aliphatic rings. The van der Waals surface area contributed by atoms with Crippen LogP contribution in [0.1, 0.15) is 49.9 Å². The van der Waals surface area contributed by atoms with E-state index in [9.17, 15) is 19.2 Å². The fraction of sp³-hybridized carbons (Fsp3) is 0.0800. The van der Waals surface area contributed by atoms with Gasteiger partial charge in [0.05, 0.1) is 33.3 Å². The van der Waals surface area contributed by atoms with E-state index >= 15 is 0 Å². The van der Waals surface area contributed by atoms with E-state index in [0.29, 0.717) is 22.0 Å². The van der Waals surface area contributed by atoms with Crippen LogP contribution in [0.3, 0.4) is 0 Å².